The fourth-order valence-electron chi connectivity index (χ4n) is 3.92. The van der Waals surface area contributed by atoms with Crippen LogP contribution in [0.15, 0.2) is 0 Å². The summed E-state index contributed by atoms with van der Waals surface area (Å²) in [6.45, 7) is 5.39. The van der Waals surface area contributed by atoms with Crippen LogP contribution in [0.1, 0.15) is 44.9 Å². The summed E-state index contributed by atoms with van der Waals surface area (Å²) in [5, 5.41) is 10.2. The third-order valence-electron chi connectivity index (χ3n) is 5.42. The van der Waals surface area contributed by atoms with Crippen LogP contribution in [0.25, 0.3) is 0 Å². The third kappa shape index (κ3) is 3.41. The van der Waals surface area contributed by atoms with E-state index in [2.05, 4.69) is 4.90 Å². The van der Waals surface area contributed by atoms with Gasteiger partial charge in [-0.3, -0.25) is 4.79 Å². The smallest absolute Gasteiger partial charge is 0.223 e. The van der Waals surface area contributed by atoms with Crippen molar-refractivity contribution in [2.24, 2.45) is 0 Å². The molecule has 1 atom stereocenters. The van der Waals surface area contributed by atoms with Gasteiger partial charge in [0.05, 0.1) is 11.7 Å². The number of likely N-dealkylation sites (tertiary alicyclic amines) is 2. The summed E-state index contributed by atoms with van der Waals surface area (Å²) in [7, 11) is 0. The number of carbonyl (C=O) groups is 1. The van der Waals surface area contributed by atoms with Crippen molar-refractivity contribution >= 4 is 5.91 Å². The number of piperidine rings is 1. The maximum Gasteiger partial charge on any atom is 0.223 e. The topological polar surface area (TPSA) is 53.0 Å². The highest BCUT2D eigenvalue weighted by Crippen LogP contribution is 2.35. The van der Waals surface area contributed by atoms with Crippen LogP contribution in [0, 0.1) is 0 Å². The molecule has 1 unspecified atom stereocenters. The lowest BCUT2D eigenvalue weighted by Gasteiger charge is -2.46. The first-order valence-corrected chi connectivity index (χ1v) is 8.52. The fraction of sp³-hybridized carbons (Fsp3) is 0.938. The van der Waals surface area contributed by atoms with Crippen molar-refractivity contribution in [3.05, 3.63) is 0 Å². The molecule has 0 aromatic heterocycles. The monoisotopic (exact) mass is 296 g/mol. The number of hydrogen-bond donors (Lipinski definition) is 1. The summed E-state index contributed by atoms with van der Waals surface area (Å²) >= 11 is 0. The average Bonchev–Trinajstić information content (AvgIpc) is 3.04. The number of nitrogens with zero attached hydrogens (tertiary/aromatic N) is 2. The van der Waals surface area contributed by atoms with Gasteiger partial charge in [0.25, 0.3) is 0 Å². The van der Waals surface area contributed by atoms with Crippen LogP contribution < -0.4 is 0 Å². The molecule has 21 heavy (non-hydrogen) atoms. The molecule has 3 aliphatic heterocycles. The molecular formula is C16H28N2O3. The molecule has 3 heterocycles. The van der Waals surface area contributed by atoms with Gasteiger partial charge in [0.1, 0.15) is 0 Å². The van der Waals surface area contributed by atoms with Crippen molar-refractivity contribution < 1.29 is 14.6 Å². The number of hydrogen-bond acceptors (Lipinski definition) is 4. The maximum absolute atomic E-state index is 12.1. The van der Waals surface area contributed by atoms with E-state index >= 15 is 0 Å². The number of aliphatic hydroxyl groups excluding tert-OH is 1. The van der Waals surface area contributed by atoms with Crippen molar-refractivity contribution in [2.45, 2.75) is 56.7 Å². The van der Waals surface area contributed by atoms with Crippen LogP contribution in [0.3, 0.4) is 0 Å². The first-order valence-electron chi connectivity index (χ1n) is 8.52. The van der Waals surface area contributed by atoms with Gasteiger partial charge >= 0.3 is 0 Å². The van der Waals surface area contributed by atoms with Crippen LogP contribution in [-0.2, 0) is 9.53 Å². The minimum absolute atomic E-state index is 0.298. The van der Waals surface area contributed by atoms with Crippen molar-refractivity contribution in [1.29, 1.82) is 0 Å². The zero-order chi connectivity index (χ0) is 14.7. The number of ether oxygens (including phenoxy) is 1. The highest BCUT2D eigenvalue weighted by atomic mass is 16.5. The molecule has 5 heteroatoms. The minimum atomic E-state index is -0.306. The zero-order valence-electron chi connectivity index (χ0n) is 12.9. The molecule has 1 N–H and O–H groups in total. The van der Waals surface area contributed by atoms with Gasteiger partial charge < -0.3 is 19.6 Å². The zero-order valence-corrected chi connectivity index (χ0v) is 12.9. The maximum atomic E-state index is 12.1. The van der Waals surface area contributed by atoms with Crippen molar-refractivity contribution in [3.63, 3.8) is 0 Å². The second kappa shape index (κ2) is 6.63. The summed E-state index contributed by atoms with van der Waals surface area (Å²) in [6.07, 6.45) is 6.28. The number of carbonyl (C=O) groups excluding carboxylic acids is 1. The number of rotatable bonds is 3. The molecule has 5 nitrogen and oxygen atoms in total. The summed E-state index contributed by atoms with van der Waals surface area (Å²) < 4.78 is 5.92. The predicted molar refractivity (Wildman–Crippen MR) is 80.0 cm³/mol. The van der Waals surface area contributed by atoms with E-state index in [0.717, 1.165) is 77.9 Å². The predicted octanol–water partition coefficient (Wildman–Crippen LogP) is 1.00. The van der Waals surface area contributed by atoms with Gasteiger partial charge in [0.15, 0.2) is 0 Å². The van der Waals surface area contributed by atoms with Crippen LogP contribution in [-0.4, -0.2) is 71.8 Å². The molecule has 3 aliphatic rings. The first-order chi connectivity index (χ1) is 10.2. The fourth-order valence-corrected chi connectivity index (χ4v) is 3.92. The van der Waals surface area contributed by atoms with E-state index in [1.54, 1.807) is 0 Å². The van der Waals surface area contributed by atoms with E-state index in [4.69, 9.17) is 4.74 Å². The molecule has 0 bridgehead atoms. The lowest BCUT2D eigenvalue weighted by atomic mass is 9.82. The third-order valence-corrected chi connectivity index (χ3v) is 5.42. The van der Waals surface area contributed by atoms with Crippen LogP contribution in [0.5, 0.6) is 0 Å². The van der Waals surface area contributed by atoms with E-state index in [1.807, 2.05) is 4.90 Å². The molecule has 3 fully saturated rings. The van der Waals surface area contributed by atoms with Gasteiger partial charge in [-0.25, -0.2) is 0 Å². The molecule has 0 aromatic rings. The SMILES string of the molecule is O=C(CCN1CCC2(CC1)OCCCC2O)N1CCCC1. The Balaban J connectivity index is 1.42. The van der Waals surface area contributed by atoms with E-state index in [-0.39, 0.29) is 11.7 Å². The lowest BCUT2D eigenvalue weighted by Crippen LogP contribution is -2.55. The highest BCUT2D eigenvalue weighted by Gasteiger charge is 2.43. The van der Waals surface area contributed by atoms with Crippen LogP contribution in [0.2, 0.25) is 0 Å². The molecule has 0 aromatic carbocycles. The summed E-state index contributed by atoms with van der Waals surface area (Å²) in [4.78, 5) is 16.4. The second-order valence-electron chi connectivity index (χ2n) is 6.75. The first kappa shape index (κ1) is 15.3. The van der Waals surface area contributed by atoms with E-state index in [9.17, 15) is 9.90 Å². The Kier molecular flexibility index (Phi) is 4.82. The quantitative estimate of drug-likeness (QED) is 0.844. The number of amides is 1. The van der Waals surface area contributed by atoms with Crippen LogP contribution >= 0.6 is 0 Å². The Hall–Kier alpha value is -0.650. The van der Waals surface area contributed by atoms with Gasteiger partial charge in [0.2, 0.25) is 5.91 Å². The van der Waals surface area contributed by atoms with Gasteiger partial charge in [0, 0.05) is 45.8 Å². The van der Waals surface area contributed by atoms with Crippen LogP contribution in [0.4, 0.5) is 0 Å². The molecule has 0 radical (unpaired) electrons. The van der Waals surface area contributed by atoms with E-state index in [1.165, 1.54) is 0 Å². The van der Waals surface area contributed by atoms with E-state index in [0.29, 0.717) is 12.3 Å². The van der Waals surface area contributed by atoms with Crippen molar-refractivity contribution in [1.82, 2.24) is 9.80 Å². The Morgan fingerprint density at radius 3 is 2.52 bits per heavy atom. The largest absolute Gasteiger partial charge is 0.390 e. The van der Waals surface area contributed by atoms with Gasteiger partial charge in [-0.05, 0) is 38.5 Å². The molecule has 0 saturated carbocycles. The van der Waals surface area contributed by atoms with Gasteiger partial charge in [-0.1, -0.05) is 0 Å². The Labute approximate surface area is 127 Å². The van der Waals surface area contributed by atoms with Crippen molar-refractivity contribution in [2.75, 3.05) is 39.3 Å². The second-order valence-corrected chi connectivity index (χ2v) is 6.75. The molecule has 1 amide bonds. The highest BCUT2D eigenvalue weighted by molar-refractivity contribution is 5.76. The molecule has 0 aliphatic carbocycles. The minimum Gasteiger partial charge on any atom is -0.390 e. The van der Waals surface area contributed by atoms with Gasteiger partial charge in [-0.2, -0.15) is 0 Å². The normalized spacial score (nSPS) is 30.0. The summed E-state index contributed by atoms with van der Waals surface area (Å²) in [5.41, 5.74) is -0.298. The molecule has 3 rings (SSSR count). The Morgan fingerprint density at radius 2 is 1.86 bits per heavy atom. The number of aliphatic hydroxyl groups is 1. The van der Waals surface area contributed by atoms with Crippen molar-refractivity contribution in [3.8, 4) is 0 Å². The molecule has 3 saturated heterocycles. The molecular weight excluding hydrogens is 268 g/mol. The standard InChI is InChI=1S/C16H28N2O3/c19-14-4-3-13-21-16(14)6-11-17(12-7-16)10-5-15(20)18-8-1-2-9-18/h14,19H,1-13H2. The molecule has 1 spiro atoms. The lowest BCUT2D eigenvalue weighted by molar-refractivity contribution is -0.176. The summed E-state index contributed by atoms with van der Waals surface area (Å²) in [5.74, 6) is 0.307. The van der Waals surface area contributed by atoms with E-state index < -0.39 is 0 Å². The van der Waals surface area contributed by atoms with Gasteiger partial charge in [-0.15, -0.1) is 0 Å². The Bertz CT molecular complexity index is 361. The summed E-state index contributed by atoms with van der Waals surface area (Å²) in [6, 6.07) is 0. The average molecular weight is 296 g/mol. The molecule has 120 valence electrons. The Morgan fingerprint density at radius 1 is 1.14 bits per heavy atom.